The van der Waals surface area contributed by atoms with E-state index in [9.17, 15) is 0 Å². The maximum Gasteiger partial charge on any atom is 0.137 e. The Hall–Kier alpha value is -1.35. The molecule has 0 aromatic carbocycles. The topological polar surface area (TPSA) is 29.3 Å². The molecule has 3 nitrogen and oxygen atoms in total. The Kier molecular flexibility index (Phi) is 2.50. The number of rotatable bonds is 3. The summed E-state index contributed by atoms with van der Waals surface area (Å²) in [5.41, 5.74) is 3.37. The van der Waals surface area contributed by atoms with Gasteiger partial charge in [0.25, 0.3) is 0 Å². The molecule has 0 atom stereocenters. The Labute approximate surface area is 83.8 Å². The minimum atomic E-state index is 0.844. The molecule has 2 aromatic rings. The zero-order valence-electron chi connectivity index (χ0n) is 8.62. The third-order valence-corrected chi connectivity index (χ3v) is 2.22. The molecule has 0 unspecified atom stereocenters. The lowest BCUT2D eigenvalue weighted by Gasteiger charge is -1.94. The normalized spacial score (nSPS) is 11.0. The summed E-state index contributed by atoms with van der Waals surface area (Å²) in [6.45, 7) is 6.00. The number of aromatic nitrogens is 2. The van der Waals surface area contributed by atoms with Gasteiger partial charge in [0.15, 0.2) is 0 Å². The highest BCUT2D eigenvalue weighted by Crippen LogP contribution is 2.07. The van der Waals surface area contributed by atoms with Crippen molar-refractivity contribution in [1.82, 2.24) is 14.7 Å². The van der Waals surface area contributed by atoms with Crippen LogP contribution in [-0.2, 0) is 6.54 Å². The predicted octanol–water partition coefficient (Wildman–Crippen LogP) is 1.75. The largest absolute Gasteiger partial charge is 0.311 e. The summed E-state index contributed by atoms with van der Waals surface area (Å²) in [6.07, 6.45) is 4.12. The number of aryl methyl sites for hydroxylation is 1. The van der Waals surface area contributed by atoms with Gasteiger partial charge in [-0.3, -0.25) is 0 Å². The number of hydrogen-bond acceptors (Lipinski definition) is 2. The predicted molar refractivity (Wildman–Crippen MR) is 57.3 cm³/mol. The van der Waals surface area contributed by atoms with Crippen LogP contribution in [0.15, 0.2) is 24.5 Å². The average Bonchev–Trinajstić information content (AvgIpc) is 2.56. The van der Waals surface area contributed by atoms with Gasteiger partial charge in [-0.15, -0.1) is 0 Å². The van der Waals surface area contributed by atoms with E-state index in [-0.39, 0.29) is 0 Å². The van der Waals surface area contributed by atoms with Crippen molar-refractivity contribution in [3.05, 3.63) is 35.8 Å². The van der Waals surface area contributed by atoms with Crippen molar-refractivity contribution in [3.63, 3.8) is 0 Å². The average molecular weight is 189 g/mol. The van der Waals surface area contributed by atoms with Crippen molar-refractivity contribution in [2.24, 2.45) is 0 Å². The van der Waals surface area contributed by atoms with Crippen LogP contribution in [0.25, 0.3) is 5.65 Å². The summed E-state index contributed by atoms with van der Waals surface area (Å²) >= 11 is 0. The van der Waals surface area contributed by atoms with Gasteiger partial charge < -0.3 is 9.72 Å². The van der Waals surface area contributed by atoms with Crippen molar-refractivity contribution in [2.45, 2.75) is 20.4 Å². The van der Waals surface area contributed by atoms with Gasteiger partial charge in [0.2, 0.25) is 0 Å². The Morgan fingerprint density at radius 1 is 1.50 bits per heavy atom. The number of pyridine rings is 1. The lowest BCUT2D eigenvalue weighted by atomic mass is 10.3. The molecule has 3 heteroatoms. The minimum Gasteiger partial charge on any atom is -0.311 e. The van der Waals surface area contributed by atoms with Crippen LogP contribution in [0.1, 0.15) is 18.2 Å². The first kappa shape index (κ1) is 9.21. The van der Waals surface area contributed by atoms with Crippen molar-refractivity contribution in [1.29, 1.82) is 0 Å². The van der Waals surface area contributed by atoms with Crippen LogP contribution in [0.2, 0.25) is 0 Å². The second kappa shape index (κ2) is 3.80. The van der Waals surface area contributed by atoms with E-state index in [1.54, 1.807) is 0 Å². The molecular weight excluding hydrogens is 174 g/mol. The Morgan fingerprint density at radius 3 is 3.14 bits per heavy atom. The summed E-state index contributed by atoms with van der Waals surface area (Å²) in [5, 5.41) is 3.26. The van der Waals surface area contributed by atoms with E-state index in [1.165, 1.54) is 5.56 Å². The highest BCUT2D eigenvalue weighted by atomic mass is 15.0. The molecule has 0 aliphatic rings. The van der Waals surface area contributed by atoms with E-state index >= 15 is 0 Å². The molecule has 0 radical (unpaired) electrons. The van der Waals surface area contributed by atoms with Crippen LogP contribution in [0.3, 0.4) is 0 Å². The number of nitrogens with one attached hydrogen (secondary N) is 1. The fraction of sp³-hybridized carbons (Fsp3) is 0.364. The number of imidazole rings is 1. The molecular formula is C11H15N3. The third kappa shape index (κ3) is 1.77. The van der Waals surface area contributed by atoms with Crippen molar-refractivity contribution < 1.29 is 0 Å². The molecule has 0 saturated heterocycles. The van der Waals surface area contributed by atoms with Gasteiger partial charge in [-0.1, -0.05) is 6.92 Å². The molecule has 1 N–H and O–H groups in total. The molecule has 14 heavy (non-hydrogen) atoms. The van der Waals surface area contributed by atoms with Gasteiger partial charge in [0, 0.05) is 18.9 Å². The molecule has 2 rings (SSSR count). The summed E-state index contributed by atoms with van der Waals surface area (Å²) in [5.74, 6) is 0. The minimum absolute atomic E-state index is 0.844. The van der Waals surface area contributed by atoms with E-state index < -0.39 is 0 Å². The molecule has 2 heterocycles. The number of fused-ring (bicyclic) bond motifs is 1. The molecule has 0 aliphatic heterocycles. The molecule has 74 valence electrons. The zero-order valence-corrected chi connectivity index (χ0v) is 8.62. The van der Waals surface area contributed by atoms with Crippen LogP contribution in [0.5, 0.6) is 0 Å². The molecule has 0 amide bonds. The Morgan fingerprint density at radius 2 is 2.36 bits per heavy atom. The molecule has 0 spiro atoms. The molecule has 0 fully saturated rings. The van der Waals surface area contributed by atoms with Gasteiger partial charge in [-0.2, -0.15) is 0 Å². The number of nitrogens with zero attached hydrogens (tertiary/aromatic N) is 2. The Balaban J connectivity index is 2.32. The van der Waals surface area contributed by atoms with Crippen LogP contribution in [-0.4, -0.2) is 15.9 Å². The molecule has 0 aliphatic carbocycles. The molecule has 2 aromatic heterocycles. The van der Waals surface area contributed by atoms with Gasteiger partial charge in [-0.05, 0) is 31.2 Å². The lowest BCUT2D eigenvalue weighted by molar-refractivity contribution is 0.714. The maximum absolute atomic E-state index is 4.51. The van der Waals surface area contributed by atoms with Gasteiger partial charge >= 0.3 is 0 Å². The van der Waals surface area contributed by atoms with Crippen LogP contribution in [0.4, 0.5) is 0 Å². The highest BCUT2D eigenvalue weighted by molar-refractivity contribution is 5.42. The van der Waals surface area contributed by atoms with Crippen LogP contribution < -0.4 is 5.32 Å². The van der Waals surface area contributed by atoms with E-state index in [0.29, 0.717) is 0 Å². The van der Waals surface area contributed by atoms with Gasteiger partial charge in [0.05, 0.1) is 5.69 Å². The van der Waals surface area contributed by atoms with E-state index in [4.69, 9.17) is 0 Å². The van der Waals surface area contributed by atoms with Crippen molar-refractivity contribution in [2.75, 3.05) is 6.54 Å². The highest BCUT2D eigenvalue weighted by Gasteiger charge is 1.99. The smallest absolute Gasteiger partial charge is 0.137 e. The fourth-order valence-corrected chi connectivity index (χ4v) is 1.47. The maximum atomic E-state index is 4.51. The SMILES string of the molecule is CCNCc1cn2ccc(C)cc2n1. The fourth-order valence-electron chi connectivity index (χ4n) is 1.47. The van der Waals surface area contributed by atoms with E-state index in [2.05, 4.69) is 46.9 Å². The van der Waals surface area contributed by atoms with Gasteiger partial charge in [0.1, 0.15) is 5.65 Å². The summed E-state index contributed by atoms with van der Waals surface area (Å²) in [4.78, 5) is 4.51. The first-order valence-corrected chi connectivity index (χ1v) is 4.94. The van der Waals surface area contributed by atoms with E-state index in [0.717, 1.165) is 24.4 Å². The quantitative estimate of drug-likeness (QED) is 0.797. The Bertz CT molecular complexity index is 431. The first-order valence-electron chi connectivity index (χ1n) is 4.94. The second-order valence-corrected chi connectivity index (χ2v) is 3.48. The zero-order chi connectivity index (χ0) is 9.97. The summed E-state index contributed by atoms with van der Waals surface area (Å²) < 4.78 is 2.06. The monoisotopic (exact) mass is 189 g/mol. The molecule has 0 saturated carbocycles. The third-order valence-electron chi connectivity index (χ3n) is 2.22. The van der Waals surface area contributed by atoms with Crippen molar-refractivity contribution in [3.8, 4) is 0 Å². The van der Waals surface area contributed by atoms with Gasteiger partial charge in [-0.25, -0.2) is 4.98 Å². The standard InChI is InChI=1S/C11H15N3/c1-3-12-7-10-8-14-5-4-9(2)6-11(14)13-10/h4-6,8,12H,3,7H2,1-2H3. The van der Waals surface area contributed by atoms with E-state index in [1.807, 2.05) is 6.20 Å². The summed E-state index contributed by atoms with van der Waals surface area (Å²) in [6, 6.07) is 4.18. The second-order valence-electron chi connectivity index (χ2n) is 3.48. The number of hydrogen-bond donors (Lipinski definition) is 1. The summed E-state index contributed by atoms with van der Waals surface area (Å²) in [7, 11) is 0. The first-order chi connectivity index (χ1) is 6.79. The van der Waals surface area contributed by atoms with Crippen molar-refractivity contribution >= 4 is 5.65 Å². The lowest BCUT2D eigenvalue weighted by Crippen LogP contribution is -2.11. The van der Waals surface area contributed by atoms with Crippen LogP contribution >= 0.6 is 0 Å². The molecule has 0 bridgehead atoms. The van der Waals surface area contributed by atoms with Crippen LogP contribution in [0, 0.1) is 6.92 Å².